The summed E-state index contributed by atoms with van der Waals surface area (Å²) in [6.07, 6.45) is 3.41. The van der Waals surface area contributed by atoms with E-state index in [1.54, 1.807) is 36.5 Å². The van der Waals surface area contributed by atoms with Gasteiger partial charge in [0.25, 0.3) is 0 Å². The summed E-state index contributed by atoms with van der Waals surface area (Å²) >= 11 is 0. The number of nitrogens with zero attached hydrogens (tertiary/aromatic N) is 2. The summed E-state index contributed by atoms with van der Waals surface area (Å²) < 4.78 is 36.8. The molecular weight excluding hydrogens is 408 g/mol. The molecule has 9 nitrogen and oxygen atoms in total. The highest BCUT2D eigenvalue weighted by Crippen LogP contribution is 2.28. The highest BCUT2D eigenvalue weighted by atomic mass is 32.2. The maximum absolute atomic E-state index is 12.9. The first-order valence-electron chi connectivity index (χ1n) is 9.08. The lowest BCUT2D eigenvalue weighted by Crippen LogP contribution is -2.23. The fourth-order valence-corrected chi connectivity index (χ4v) is 3.82. The minimum Gasteiger partial charge on any atom is -0.493 e. The van der Waals surface area contributed by atoms with Crippen molar-refractivity contribution in [3.05, 3.63) is 60.4 Å². The molecule has 2 aromatic carbocycles. The van der Waals surface area contributed by atoms with Gasteiger partial charge in [-0.15, -0.1) is 0 Å². The lowest BCUT2D eigenvalue weighted by Gasteiger charge is -2.12. The largest absolute Gasteiger partial charge is 0.493 e. The van der Waals surface area contributed by atoms with E-state index in [9.17, 15) is 8.42 Å². The molecule has 0 bridgehead atoms. The second-order valence-electron chi connectivity index (χ2n) is 6.43. The van der Waals surface area contributed by atoms with Gasteiger partial charge in [-0.1, -0.05) is 24.3 Å². The average molecular weight is 430 g/mol. The zero-order chi connectivity index (χ0) is 21.6. The second-order valence-corrected chi connectivity index (χ2v) is 7.94. The van der Waals surface area contributed by atoms with Crippen LogP contribution in [-0.2, 0) is 15.0 Å². The monoisotopic (exact) mass is 430 g/mol. The van der Waals surface area contributed by atoms with Gasteiger partial charge in [-0.25, -0.2) is 0 Å². The van der Waals surface area contributed by atoms with Gasteiger partial charge in [0.1, 0.15) is 23.0 Å². The second kappa shape index (κ2) is 9.31. The Bertz CT molecular complexity index is 1160. The highest BCUT2D eigenvalue weighted by Gasteiger charge is 2.21. The highest BCUT2D eigenvalue weighted by molar-refractivity contribution is 7.87. The average Bonchev–Trinajstić information content (AvgIpc) is 2.69. The normalized spacial score (nSPS) is 11.1. The third-order valence-corrected chi connectivity index (χ3v) is 5.23. The smallest absolute Gasteiger partial charge is 0.341 e. The molecule has 0 saturated carbocycles. The number of guanidine groups is 1. The summed E-state index contributed by atoms with van der Waals surface area (Å²) in [6, 6.07) is 12.0. The molecule has 0 spiro atoms. The van der Waals surface area contributed by atoms with Gasteiger partial charge in [0, 0.05) is 35.7 Å². The topological polar surface area (TPSA) is 139 Å². The number of pyridine rings is 1. The van der Waals surface area contributed by atoms with Crippen molar-refractivity contribution in [3.8, 4) is 11.5 Å². The minimum absolute atomic E-state index is 0.00135. The van der Waals surface area contributed by atoms with E-state index in [4.69, 9.17) is 25.2 Å². The van der Waals surface area contributed by atoms with E-state index in [1.807, 2.05) is 13.0 Å². The van der Waals surface area contributed by atoms with E-state index in [0.717, 1.165) is 5.56 Å². The number of ether oxygens (including phenoxy) is 1. The Kier molecular flexibility index (Phi) is 6.58. The molecule has 1 heterocycles. The predicted molar refractivity (Wildman–Crippen MR) is 113 cm³/mol. The first-order chi connectivity index (χ1) is 14.3. The fraction of sp³-hybridized carbons (Fsp3) is 0.200. The Morgan fingerprint density at radius 2 is 1.83 bits per heavy atom. The molecule has 0 saturated heterocycles. The molecule has 158 valence electrons. The summed E-state index contributed by atoms with van der Waals surface area (Å²) in [7, 11) is -4.09. The van der Waals surface area contributed by atoms with Crippen molar-refractivity contribution in [3.63, 3.8) is 0 Å². The summed E-state index contributed by atoms with van der Waals surface area (Å²) in [6.45, 7) is 2.41. The van der Waals surface area contributed by atoms with Crippen LogP contribution in [0.4, 0.5) is 0 Å². The molecule has 3 rings (SSSR count). The van der Waals surface area contributed by atoms with Crippen molar-refractivity contribution in [2.75, 3.05) is 13.2 Å². The molecule has 0 atom stereocenters. The van der Waals surface area contributed by atoms with E-state index in [0.29, 0.717) is 29.5 Å². The fourth-order valence-electron chi connectivity index (χ4n) is 2.74. The lowest BCUT2D eigenvalue weighted by molar-refractivity contribution is 0.127. The van der Waals surface area contributed by atoms with Crippen LogP contribution in [0.3, 0.4) is 0 Å². The molecule has 0 fully saturated rings. The van der Waals surface area contributed by atoms with Gasteiger partial charge < -0.3 is 25.2 Å². The Hall–Kier alpha value is -3.53. The van der Waals surface area contributed by atoms with Crippen molar-refractivity contribution in [1.29, 1.82) is 0 Å². The van der Waals surface area contributed by atoms with E-state index in [1.165, 1.54) is 12.3 Å². The Labute approximate surface area is 174 Å². The van der Waals surface area contributed by atoms with Crippen molar-refractivity contribution in [2.24, 2.45) is 16.6 Å². The first-order valence-corrected chi connectivity index (χ1v) is 10.5. The molecule has 30 heavy (non-hydrogen) atoms. The maximum atomic E-state index is 12.9. The molecule has 4 N–H and O–H groups in total. The van der Waals surface area contributed by atoms with Crippen LogP contribution >= 0.6 is 0 Å². The van der Waals surface area contributed by atoms with Gasteiger partial charge in [0.2, 0.25) is 5.96 Å². The zero-order valence-corrected chi connectivity index (χ0v) is 17.1. The summed E-state index contributed by atoms with van der Waals surface area (Å²) in [5.74, 6) is 0.465. The molecule has 1 aromatic heterocycles. The third kappa shape index (κ3) is 5.51. The standard InChI is InChI=1S/C20H22N4O5S/c1-14-9-16(27-7-4-8-28-24-20(21)22)11-17(10-14)29-30(25,26)19-13-23-12-15-5-2-3-6-18(15)19/h2-3,5-6,9-13H,4,7-8H2,1H3,(H4,21,22,24). The number of oxime groups is 1. The van der Waals surface area contributed by atoms with E-state index < -0.39 is 10.1 Å². The Morgan fingerprint density at radius 1 is 1.07 bits per heavy atom. The van der Waals surface area contributed by atoms with E-state index in [-0.39, 0.29) is 23.2 Å². The maximum Gasteiger partial charge on any atom is 0.341 e. The van der Waals surface area contributed by atoms with Crippen LogP contribution in [0.25, 0.3) is 10.8 Å². The van der Waals surface area contributed by atoms with Gasteiger partial charge in [0.15, 0.2) is 0 Å². The van der Waals surface area contributed by atoms with Crippen molar-refractivity contribution < 1.29 is 22.2 Å². The number of fused-ring (bicyclic) bond motifs is 1. The zero-order valence-electron chi connectivity index (χ0n) is 16.3. The van der Waals surface area contributed by atoms with Crippen LogP contribution in [0.5, 0.6) is 11.5 Å². The van der Waals surface area contributed by atoms with Crippen molar-refractivity contribution >= 4 is 26.9 Å². The minimum atomic E-state index is -4.09. The number of benzene rings is 2. The summed E-state index contributed by atoms with van der Waals surface area (Å²) in [4.78, 5) is 8.89. The molecule has 0 aliphatic heterocycles. The van der Waals surface area contributed by atoms with Gasteiger partial charge >= 0.3 is 10.1 Å². The molecule has 0 radical (unpaired) electrons. The van der Waals surface area contributed by atoms with Gasteiger partial charge in [-0.05, 0) is 29.8 Å². The van der Waals surface area contributed by atoms with Crippen LogP contribution in [0, 0.1) is 6.92 Å². The van der Waals surface area contributed by atoms with Crippen LogP contribution in [0.1, 0.15) is 12.0 Å². The van der Waals surface area contributed by atoms with Gasteiger partial charge in [-0.2, -0.15) is 8.42 Å². The van der Waals surface area contributed by atoms with Crippen LogP contribution in [-0.4, -0.2) is 32.6 Å². The lowest BCUT2D eigenvalue weighted by atomic mass is 10.2. The molecule has 0 aliphatic rings. The molecule has 0 aliphatic carbocycles. The van der Waals surface area contributed by atoms with Crippen LogP contribution in [0.15, 0.2) is 64.9 Å². The molecule has 0 unspecified atom stereocenters. The molecule has 3 aromatic rings. The number of rotatable bonds is 9. The number of aromatic nitrogens is 1. The number of nitrogens with two attached hydrogens (primary N) is 2. The predicted octanol–water partition coefficient (Wildman–Crippen LogP) is 2.28. The van der Waals surface area contributed by atoms with E-state index in [2.05, 4.69) is 10.1 Å². The van der Waals surface area contributed by atoms with Gasteiger partial charge in [0.05, 0.1) is 6.61 Å². The number of hydrogen-bond donors (Lipinski definition) is 2. The quantitative estimate of drug-likeness (QED) is 0.173. The SMILES string of the molecule is Cc1cc(OCCCON=C(N)N)cc(OS(=O)(=O)c2cncc3ccccc23)c1. The number of aryl methyl sites for hydroxylation is 1. The molecular formula is C20H22N4O5S. The first kappa shape index (κ1) is 21.2. The van der Waals surface area contributed by atoms with Crippen LogP contribution < -0.4 is 20.4 Å². The van der Waals surface area contributed by atoms with Gasteiger partial charge in [-0.3, -0.25) is 4.98 Å². The van der Waals surface area contributed by atoms with Crippen LogP contribution in [0.2, 0.25) is 0 Å². The van der Waals surface area contributed by atoms with Crippen molar-refractivity contribution in [2.45, 2.75) is 18.2 Å². The third-order valence-electron chi connectivity index (χ3n) is 3.95. The number of hydrogen-bond acceptors (Lipinski definition) is 7. The summed E-state index contributed by atoms with van der Waals surface area (Å²) in [5, 5.41) is 4.66. The Balaban J connectivity index is 1.72. The van der Waals surface area contributed by atoms with E-state index >= 15 is 0 Å². The summed E-state index contributed by atoms with van der Waals surface area (Å²) in [5.41, 5.74) is 11.1. The van der Waals surface area contributed by atoms with Crippen molar-refractivity contribution in [1.82, 2.24) is 4.98 Å². The molecule has 0 amide bonds. The Morgan fingerprint density at radius 3 is 2.63 bits per heavy atom. The molecule has 10 heteroatoms.